The molecule has 3 aromatic rings. The molecule has 1 heterocycles. The van der Waals surface area contributed by atoms with E-state index in [1.54, 1.807) is 29.7 Å². The molecule has 0 aliphatic heterocycles. The summed E-state index contributed by atoms with van der Waals surface area (Å²) in [7, 11) is 0. The molecule has 1 aromatic heterocycles. The predicted octanol–water partition coefficient (Wildman–Crippen LogP) is 3.57. The van der Waals surface area contributed by atoms with E-state index in [1.165, 1.54) is 11.8 Å². The number of fused-ring (bicyclic) bond motifs is 1. The van der Waals surface area contributed by atoms with Crippen molar-refractivity contribution >= 4 is 28.6 Å². The van der Waals surface area contributed by atoms with Crippen LogP contribution in [0.4, 0.5) is 0 Å². The van der Waals surface area contributed by atoms with Crippen LogP contribution in [0, 0.1) is 0 Å². The minimum absolute atomic E-state index is 0.143. The minimum atomic E-state index is -0.433. The largest absolute Gasteiger partial charge is 0.494 e. The summed E-state index contributed by atoms with van der Waals surface area (Å²) >= 11 is 1.24. The van der Waals surface area contributed by atoms with Crippen LogP contribution >= 0.6 is 11.8 Å². The number of thioether (sulfide) groups is 1. The van der Waals surface area contributed by atoms with Gasteiger partial charge in [-0.2, -0.15) is 0 Å². The number of carbonyl (C=O) groups is 1. The van der Waals surface area contributed by atoms with Gasteiger partial charge in [-0.15, -0.1) is 6.58 Å². The van der Waals surface area contributed by atoms with Crippen LogP contribution in [0.3, 0.4) is 0 Å². The molecule has 0 fully saturated rings. The molecule has 2 aromatic carbocycles. The maximum Gasteiger partial charge on any atom is 0.266 e. The molecule has 150 valence electrons. The monoisotopic (exact) mass is 409 g/mol. The van der Waals surface area contributed by atoms with Gasteiger partial charge in [0.15, 0.2) is 5.16 Å². The Morgan fingerprint density at radius 3 is 2.69 bits per heavy atom. The van der Waals surface area contributed by atoms with Crippen molar-refractivity contribution < 1.29 is 9.53 Å². The second-order valence-corrected chi connectivity index (χ2v) is 7.58. The van der Waals surface area contributed by atoms with Crippen molar-refractivity contribution in [3.8, 4) is 11.4 Å². The third-order valence-electron chi connectivity index (χ3n) is 4.22. The van der Waals surface area contributed by atoms with Gasteiger partial charge in [-0.05, 0) is 50.2 Å². The first-order valence-electron chi connectivity index (χ1n) is 9.35. The Morgan fingerprint density at radius 2 is 2.00 bits per heavy atom. The van der Waals surface area contributed by atoms with E-state index < -0.39 is 5.25 Å². The van der Waals surface area contributed by atoms with E-state index in [-0.39, 0.29) is 11.5 Å². The molecule has 1 amide bonds. The molecule has 1 N–H and O–H groups in total. The summed E-state index contributed by atoms with van der Waals surface area (Å²) in [6.07, 6.45) is 1.62. The van der Waals surface area contributed by atoms with Gasteiger partial charge in [0.2, 0.25) is 5.91 Å². The van der Waals surface area contributed by atoms with Gasteiger partial charge in [-0.3, -0.25) is 14.2 Å². The van der Waals surface area contributed by atoms with Gasteiger partial charge in [0.25, 0.3) is 5.56 Å². The average Bonchev–Trinajstić information content (AvgIpc) is 2.73. The molecule has 7 heteroatoms. The van der Waals surface area contributed by atoms with Crippen molar-refractivity contribution in [2.75, 3.05) is 13.2 Å². The molecular formula is C22H23N3O3S. The zero-order chi connectivity index (χ0) is 20.8. The van der Waals surface area contributed by atoms with Gasteiger partial charge >= 0.3 is 0 Å². The number of nitrogens with one attached hydrogen (secondary N) is 1. The van der Waals surface area contributed by atoms with Crippen LogP contribution in [-0.2, 0) is 4.79 Å². The van der Waals surface area contributed by atoms with Crippen LogP contribution in [0.15, 0.2) is 71.1 Å². The number of para-hydroxylation sites is 1. The van der Waals surface area contributed by atoms with Gasteiger partial charge in [0, 0.05) is 6.54 Å². The first kappa shape index (κ1) is 20.7. The Bertz CT molecular complexity index is 1080. The van der Waals surface area contributed by atoms with E-state index in [2.05, 4.69) is 16.9 Å². The van der Waals surface area contributed by atoms with E-state index in [0.29, 0.717) is 34.9 Å². The molecule has 3 rings (SSSR count). The van der Waals surface area contributed by atoms with Gasteiger partial charge in [0.05, 0.1) is 28.4 Å². The normalized spacial score (nSPS) is 11.8. The van der Waals surface area contributed by atoms with Crippen LogP contribution in [0.1, 0.15) is 13.8 Å². The Morgan fingerprint density at radius 1 is 1.28 bits per heavy atom. The van der Waals surface area contributed by atoms with E-state index in [1.807, 2.05) is 43.3 Å². The Kier molecular flexibility index (Phi) is 6.72. The highest BCUT2D eigenvalue weighted by molar-refractivity contribution is 8.00. The zero-order valence-electron chi connectivity index (χ0n) is 16.4. The summed E-state index contributed by atoms with van der Waals surface area (Å²) in [5.41, 5.74) is 1.08. The van der Waals surface area contributed by atoms with Crippen LogP contribution in [-0.4, -0.2) is 33.9 Å². The molecular weight excluding hydrogens is 386 g/mol. The van der Waals surface area contributed by atoms with E-state index >= 15 is 0 Å². The molecule has 0 spiro atoms. The summed E-state index contributed by atoms with van der Waals surface area (Å²) < 4.78 is 7.03. The zero-order valence-corrected chi connectivity index (χ0v) is 17.2. The van der Waals surface area contributed by atoms with Crippen molar-refractivity contribution in [1.82, 2.24) is 14.9 Å². The minimum Gasteiger partial charge on any atom is -0.494 e. The standard InChI is InChI=1S/C22H23N3O3S/c1-4-14-23-20(26)15(3)29-22-24-19-9-7-6-8-18(19)21(27)25(22)16-10-12-17(13-11-16)28-5-2/h4,6-13,15H,1,5,14H2,2-3H3,(H,23,26)/t15-/m0/s1. The van der Waals surface area contributed by atoms with E-state index in [9.17, 15) is 9.59 Å². The van der Waals surface area contributed by atoms with Gasteiger partial charge in [-0.1, -0.05) is 30.0 Å². The fourth-order valence-electron chi connectivity index (χ4n) is 2.81. The number of nitrogens with zero attached hydrogens (tertiary/aromatic N) is 2. The predicted molar refractivity (Wildman–Crippen MR) is 117 cm³/mol. The molecule has 0 bridgehead atoms. The van der Waals surface area contributed by atoms with E-state index in [4.69, 9.17) is 4.74 Å². The lowest BCUT2D eigenvalue weighted by Crippen LogP contribution is -2.32. The summed E-state index contributed by atoms with van der Waals surface area (Å²) in [6, 6.07) is 14.5. The number of benzene rings is 2. The molecule has 0 saturated heterocycles. The summed E-state index contributed by atoms with van der Waals surface area (Å²) in [5.74, 6) is 0.583. The first-order chi connectivity index (χ1) is 14.0. The molecule has 0 radical (unpaired) electrons. The first-order valence-corrected chi connectivity index (χ1v) is 10.2. The Balaban J connectivity index is 2.07. The summed E-state index contributed by atoms with van der Waals surface area (Å²) in [4.78, 5) is 30.2. The topological polar surface area (TPSA) is 73.2 Å². The Labute approximate surface area is 173 Å². The molecule has 0 aliphatic carbocycles. The second-order valence-electron chi connectivity index (χ2n) is 6.27. The van der Waals surface area contributed by atoms with Crippen molar-refractivity contribution in [3.63, 3.8) is 0 Å². The number of hydrogen-bond donors (Lipinski definition) is 1. The van der Waals surface area contributed by atoms with E-state index in [0.717, 1.165) is 5.75 Å². The van der Waals surface area contributed by atoms with Crippen LogP contribution < -0.4 is 15.6 Å². The third kappa shape index (κ3) is 4.68. The SMILES string of the molecule is C=CCNC(=O)[C@H](C)Sc1nc2ccccc2c(=O)n1-c1ccc(OCC)cc1. The van der Waals surface area contributed by atoms with Crippen molar-refractivity contribution in [1.29, 1.82) is 0 Å². The maximum atomic E-state index is 13.2. The molecule has 1 atom stereocenters. The highest BCUT2D eigenvalue weighted by Gasteiger charge is 2.20. The van der Waals surface area contributed by atoms with Crippen molar-refractivity contribution in [2.45, 2.75) is 24.3 Å². The van der Waals surface area contributed by atoms with Gasteiger partial charge < -0.3 is 10.1 Å². The number of carbonyl (C=O) groups excluding carboxylic acids is 1. The molecule has 6 nitrogen and oxygen atoms in total. The molecule has 0 saturated carbocycles. The molecule has 0 aliphatic rings. The second kappa shape index (κ2) is 9.43. The van der Waals surface area contributed by atoms with Crippen LogP contribution in [0.5, 0.6) is 5.75 Å². The fourth-order valence-corrected chi connectivity index (χ4v) is 3.76. The summed E-state index contributed by atoms with van der Waals surface area (Å²) in [6.45, 7) is 8.26. The average molecular weight is 410 g/mol. The van der Waals surface area contributed by atoms with Crippen molar-refractivity contribution in [3.05, 3.63) is 71.5 Å². The Hall–Kier alpha value is -3.06. The lowest BCUT2D eigenvalue weighted by Gasteiger charge is -2.16. The van der Waals surface area contributed by atoms with Gasteiger partial charge in [-0.25, -0.2) is 4.98 Å². The smallest absolute Gasteiger partial charge is 0.266 e. The van der Waals surface area contributed by atoms with Gasteiger partial charge in [0.1, 0.15) is 5.75 Å². The lowest BCUT2D eigenvalue weighted by atomic mass is 10.2. The highest BCUT2D eigenvalue weighted by Crippen LogP contribution is 2.26. The van der Waals surface area contributed by atoms with Crippen LogP contribution in [0.25, 0.3) is 16.6 Å². The summed E-state index contributed by atoms with van der Waals surface area (Å²) in [5, 5.41) is 3.32. The number of amides is 1. The fraction of sp³-hybridized carbons (Fsp3) is 0.227. The number of aromatic nitrogens is 2. The number of ether oxygens (including phenoxy) is 1. The maximum absolute atomic E-state index is 13.2. The number of rotatable bonds is 8. The third-order valence-corrected chi connectivity index (χ3v) is 5.28. The van der Waals surface area contributed by atoms with Crippen molar-refractivity contribution in [2.24, 2.45) is 0 Å². The highest BCUT2D eigenvalue weighted by atomic mass is 32.2. The molecule has 29 heavy (non-hydrogen) atoms. The lowest BCUT2D eigenvalue weighted by molar-refractivity contribution is -0.120. The number of hydrogen-bond acceptors (Lipinski definition) is 5. The quantitative estimate of drug-likeness (QED) is 0.350. The molecule has 0 unspecified atom stereocenters. The van der Waals surface area contributed by atoms with Crippen LogP contribution in [0.2, 0.25) is 0 Å².